The number of nitrogens with one attached hydrogen (secondary N) is 1. The molecular weight excluding hydrogens is 177 g/mol. The van der Waals surface area contributed by atoms with Crippen molar-refractivity contribution in [2.24, 2.45) is 0 Å². The van der Waals surface area contributed by atoms with Crippen molar-refractivity contribution in [2.45, 2.75) is 6.04 Å². The second-order valence-corrected chi connectivity index (χ2v) is 2.98. The van der Waals surface area contributed by atoms with Gasteiger partial charge in [-0.3, -0.25) is 4.79 Å². The first-order chi connectivity index (χ1) is 4.70. The first-order valence-corrected chi connectivity index (χ1v) is 3.93. The Morgan fingerprint density at radius 3 is 2.73 bits per heavy atom. The maximum atomic E-state index is 10.6. The molecule has 1 saturated heterocycles. The third kappa shape index (κ3) is 3.46. The van der Waals surface area contributed by atoms with Crippen molar-refractivity contribution in [3.63, 3.8) is 0 Å². The van der Waals surface area contributed by atoms with Crippen LogP contribution < -0.4 is 40.0 Å². The first kappa shape index (κ1) is 11.3. The van der Waals surface area contributed by atoms with Gasteiger partial charge in [0.25, 0.3) is 0 Å². The molecular formula is C5H6NNaO3S. The molecule has 1 atom stereocenters. The number of hydrogen-bond acceptors (Lipinski definition) is 4. The number of aliphatic carboxylic acids is 1. The molecule has 0 spiro atoms. The van der Waals surface area contributed by atoms with Crippen molar-refractivity contribution < 1.29 is 44.3 Å². The molecule has 0 unspecified atom stereocenters. The second-order valence-electron chi connectivity index (χ2n) is 1.95. The zero-order valence-corrected chi connectivity index (χ0v) is 8.94. The van der Waals surface area contributed by atoms with E-state index < -0.39 is 12.0 Å². The minimum absolute atomic E-state index is 0. The van der Waals surface area contributed by atoms with Crippen LogP contribution in [0.4, 0.5) is 0 Å². The monoisotopic (exact) mass is 183 g/mol. The van der Waals surface area contributed by atoms with E-state index >= 15 is 0 Å². The molecule has 1 rings (SSSR count). The number of thioether (sulfide) groups is 1. The summed E-state index contributed by atoms with van der Waals surface area (Å²) in [5.41, 5.74) is 0. The molecule has 1 amide bonds. The minimum Gasteiger partial charge on any atom is -0.548 e. The van der Waals surface area contributed by atoms with Crippen molar-refractivity contribution in [3.05, 3.63) is 0 Å². The maximum absolute atomic E-state index is 10.6. The van der Waals surface area contributed by atoms with Gasteiger partial charge >= 0.3 is 29.6 Å². The van der Waals surface area contributed by atoms with Gasteiger partial charge in [-0.15, -0.1) is 11.8 Å². The molecule has 1 N–H and O–H groups in total. The van der Waals surface area contributed by atoms with Gasteiger partial charge in [0.2, 0.25) is 5.91 Å². The summed E-state index contributed by atoms with van der Waals surface area (Å²) in [5.74, 6) is -0.677. The van der Waals surface area contributed by atoms with Crippen LogP contribution in [0.2, 0.25) is 0 Å². The molecule has 0 radical (unpaired) electrons. The van der Waals surface area contributed by atoms with Crippen molar-refractivity contribution in [1.82, 2.24) is 5.32 Å². The van der Waals surface area contributed by atoms with Crippen LogP contribution in [0, 0.1) is 0 Å². The average molecular weight is 183 g/mol. The van der Waals surface area contributed by atoms with Crippen LogP contribution in [0.5, 0.6) is 0 Å². The standard InChI is InChI=1S/C5H7NO3S.Na/c7-4-2-10-1-3(6-4)5(8)9;/h3H,1-2H2,(H,6,7)(H,8,9);/q;+1/p-1/t3-;/m0./s1. The quantitative estimate of drug-likeness (QED) is 0.413. The van der Waals surface area contributed by atoms with E-state index in [2.05, 4.69) is 5.32 Å². The molecule has 0 bridgehead atoms. The summed E-state index contributed by atoms with van der Waals surface area (Å²) in [7, 11) is 0. The van der Waals surface area contributed by atoms with E-state index in [0.717, 1.165) is 0 Å². The topological polar surface area (TPSA) is 69.2 Å². The van der Waals surface area contributed by atoms with Gasteiger partial charge in [-0.2, -0.15) is 0 Å². The zero-order valence-electron chi connectivity index (χ0n) is 6.12. The molecule has 0 aromatic carbocycles. The SMILES string of the molecule is O=C1CSC[C@@H](C(=O)[O-])N1.[Na+]. The van der Waals surface area contributed by atoms with Gasteiger partial charge in [-0.05, 0) is 0 Å². The molecule has 1 aliphatic rings. The van der Waals surface area contributed by atoms with E-state index in [4.69, 9.17) is 0 Å². The molecule has 6 heteroatoms. The molecule has 0 aromatic heterocycles. The molecule has 1 heterocycles. The van der Waals surface area contributed by atoms with E-state index in [9.17, 15) is 14.7 Å². The van der Waals surface area contributed by atoms with Gasteiger partial charge < -0.3 is 15.2 Å². The number of carboxylic acids is 1. The molecule has 4 nitrogen and oxygen atoms in total. The van der Waals surface area contributed by atoms with Crippen molar-refractivity contribution in [1.29, 1.82) is 0 Å². The van der Waals surface area contributed by atoms with Gasteiger partial charge in [0.15, 0.2) is 0 Å². The Hall–Kier alpha value is 0.290. The van der Waals surface area contributed by atoms with Gasteiger partial charge in [-0.25, -0.2) is 0 Å². The number of amides is 1. The fourth-order valence-corrected chi connectivity index (χ4v) is 1.52. The molecule has 56 valence electrons. The first-order valence-electron chi connectivity index (χ1n) is 2.78. The summed E-state index contributed by atoms with van der Waals surface area (Å²) in [4.78, 5) is 20.7. The molecule has 0 aromatic rings. The Labute approximate surface area is 90.4 Å². The summed E-state index contributed by atoms with van der Waals surface area (Å²) in [6.45, 7) is 0. The van der Waals surface area contributed by atoms with Crippen molar-refractivity contribution in [3.8, 4) is 0 Å². The third-order valence-electron chi connectivity index (χ3n) is 1.14. The summed E-state index contributed by atoms with van der Waals surface area (Å²) >= 11 is 1.31. The predicted octanol–water partition coefficient (Wildman–Crippen LogP) is -5.03. The Morgan fingerprint density at radius 2 is 2.36 bits per heavy atom. The van der Waals surface area contributed by atoms with Crippen LogP contribution in [0.3, 0.4) is 0 Å². The largest absolute Gasteiger partial charge is 1.00 e. The summed E-state index contributed by atoms with van der Waals surface area (Å²) < 4.78 is 0. The molecule has 0 saturated carbocycles. The normalized spacial score (nSPS) is 23.3. The number of rotatable bonds is 1. The second kappa shape index (κ2) is 5.03. The van der Waals surface area contributed by atoms with Gasteiger partial charge in [0, 0.05) is 5.75 Å². The predicted molar refractivity (Wildman–Crippen MR) is 34.3 cm³/mol. The van der Waals surface area contributed by atoms with E-state index in [1.807, 2.05) is 0 Å². The van der Waals surface area contributed by atoms with Crippen LogP contribution >= 0.6 is 11.8 Å². The molecule has 0 aliphatic carbocycles. The number of hydrogen-bond donors (Lipinski definition) is 1. The van der Waals surface area contributed by atoms with E-state index in [0.29, 0.717) is 11.5 Å². The summed E-state index contributed by atoms with van der Waals surface area (Å²) in [6.07, 6.45) is 0. The fourth-order valence-electron chi connectivity index (χ4n) is 0.674. The van der Waals surface area contributed by atoms with Crippen molar-refractivity contribution in [2.75, 3.05) is 11.5 Å². The Bertz CT molecular complexity index is 173. The minimum atomic E-state index is -1.21. The van der Waals surface area contributed by atoms with Gasteiger partial charge in [0.05, 0.1) is 17.8 Å². The van der Waals surface area contributed by atoms with Crippen LogP contribution in [0.1, 0.15) is 0 Å². The Balaban J connectivity index is 0.000001000. The van der Waals surface area contributed by atoms with Gasteiger partial charge in [-0.1, -0.05) is 0 Å². The zero-order chi connectivity index (χ0) is 7.56. The van der Waals surface area contributed by atoms with Crippen LogP contribution in [0.25, 0.3) is 0 Å². The third-order valence-corrected chi connectivity index (χ3v) is 2.17. The Morgan fingerprint density at radius 1 is 1.73 bits per heavy atom. The molecule has 1 fully saturated rings. The number of carbonyl (C=O) groups excluding carboxylic acids is 2. The molecule has 11 heavy (non-hydrogen) atoms. The average Bonchev–Trinajstić information content (AvgIpc) is 1.88. The van der Waals surface area contributed by atoms with Crippen molar-refractivity contribution >= 4 is 23.6 Å². The van der Waals surface area contributed by atoms with Crippen LogP contribution in [-0.2, 0) is 9.59 Å². The van der Waals surface area contributed by atoms with E-state index in [1.54, 1.807) is 0 Å². The van der Waals surface area contributed by atoms with Gasteiger partial charge in [0.1, 0.15) is 0 Å². The van der Waals surface area contributed by atoms with E-state index in [1.165, 1.54) is 11.8 Å². The Kier molecular flexibility index (Phi) is 5.16. The van der Waals surface area contributed by atoms with E-state index in [-0.39, 0.29) is 35.5 Å². The fraction of sp³-hybridized carbons (Fsp3) is 0.600. The smallest absolute Gasteiger partial charge is 0.548 e. The molecule has 1 aliphatic heterocycles. The summed E-state index contributed by atoms with van der Waals surface area (Å²) in [5, 5.41) is 12.5. The van der Waals surface area contributed by atoms with Crippen LogP contribution in [0.15, 0.2) is 0 Å². The number of carbonyl (C=O) groups is 2. The summed E-state index contributed by atoms with van der Waals surface area (Å²) in [6, 6.07) is -0.800. The maximum Gasteiger partial charge on any atom is 1.00 e. The number of carboxylic acid groups (broad SMARTS) is 1. The van der Waals surface area contributed by atoms with Crippen LogP contribution in [-0.4, -0.2) is 29.4 Å².